The van der Waals surface area contributed by atoms with E-state index in [0.717, 1.165) is 22.3 Å². The van der Waals surface area contributed by atoms with Crippen LogP contribution in [0.15, 0.2) is 70.8 Å². The molecule has 3 rings (SSSR count). The van der Waals surface area contributed by atoms with Crippen LogP contribution in [0.3, 0.4) is 0 Å². The summed E-state index contributed by atoms with van der Waals surface area (Å²) in [7, 11) is 0. The van der Waals surface area contributed by atoms with E-state index in [1.807, 2.05) is 18.2 Å². The van der Waals surface area contributed by atoms with Gasteiger partial charge in [-0.05, 0) is 48.2 Å². The molecule has 1 aliphatic rings. The average Bonchev–Trinajstić information content (AvgIpc) is 2.55. The molecule has 110 valence electrons. The Bertz CT molecular complexity index is 713. The second kappa shape index (κ2) is 6.37. The minimum Gasteiger partial charge on any atom is -0.326 e. The van der Waals surface area contributed by atoms with Crippen LogP contribution in [-0.4, -0.2) is 0 Å². The van der Waals surface area contributed by atoms with E-state index in [4.69, 9.17) is 0 Å². The molecule has 22 heavy (non-hydrogen) atoms. The summed E-state index contributed by atoms with van der Waals surface area (Å²) in [5.41, 5.74) is 3.03. The van der Waals surface area contributed by atoms with Crippen LogP contribution in [0.25, 0.3) is 0 Å². The van der Waals surface area contributed by atoms with Crippen LogP contribution in [0.5, 0.6) is 0 Å². The van der Waals surface area contributed by atoms with Gasteiger partial charge in [0.2, 0.25) is 0 Å². The second-order valence-electron chi connectivity index (χ2n) is 5.65. The lowest BCUT2D eigenvalue weighted by Crippen LogP contribution is -2.32. The Balaban J connectivity index is 2.08. The summed E-state index contributed by atoms with van der Waals surface area (Å²) in [4.78, 5) is 2.16. The van der Waals surface area contributed by atoms with E-state index in [0.29, 0.717) is 5.92 Å². The summed E-state index contributed by atoms with van der Waals surface area (Å²) in [6.45, 7) is 2.17. The molecule has 3 heteroatoms. The number of nitriles is 1. The van der Waals surface area contributed by atoms with E-state index in [1.54, 1.807) is 0 Å². The molecule has 0 N–H and O–H groups in total. The fourth-order valence-corrected chi connectivity index (χ4v) is 3.28. The van der Waals surface area contributed by atoms with E-state index < -0.39 is 0 Å². The van der Waals surface area contributed by atoms with Crippen molar-refractivity contribution < 1.29 is 0 Å². The Kier molecular flexibility index (Phi) is 4.31. The summed E-state index contributed by atoms with van der Waals surface area (Å²) in [5, 5.41) is 9.58. The van der Waals surface area contributed by atoms with Gasteiger partial charge in [-0.15, -0.1) is 0 Å². The number of benzene rings is 2. The van der Waals surface area contributed by atoms with Gasteiger partial charge in [0.1, 0.15) is 11.8 Å². The van der Waals surface area contributed by atoms with Crippen LogP contribution in [-0.2, 0) is 0 Å². The molecule has 2 aromatic rings. The number of hydrogen-bond donors (Lipinski definition) is 0. The van der Waals surface area contributed by atoms with Gasteiger partial charge in [0.25, 0.3) is 0 Å². The third-order valence-corrected chi connectivity index (χ3v) is 4.54. The summed E-state index contributed by atoms with van der Waals surface area (Å²) in [6.07, 6.45) is 3.07. The van der Waals surface area contributed by atoms with Crippen LogP contribution in [0.1, 0.15) is 24.9 Å². The summed E-state index contributed by atoms with van der Waals surface area (Å²) in [5.74, 6) is 0.392. The van der Waals surface area contributed by atoms with Crippen LogP contribution >= 0.6 is 15.9 Å². The van der Waals surface area contributed by atoms with Crippen molar-refractivity contribution in [3.8, 4) is 6.07 Å². The first-order valence-corrected chi connectivity index (χ1v) is 8.20. The van der Waals surface area contributed by atoms with Crippen LogP contribution in [0.2, 0.25) is 0 Å². The molecule has 2 aromatic carbocycles. The largest absolute Gasteiger partial charge is 0.326 e. The Morgan fingerprint density at radius 1 is 1.09 bits per heavy atom. The zero-order chi connectivity index (χ0) is 15.5. The number of halogens is 1. The Morgan fingerprint density at radius 3 is 2.41 bits per heavy atom. The van der Waals surface area contributed by atoms with Gasteiger partial charge in [0.15, 0.2) is 0 Å². The first kappa shape index (κ1) is 14.9. The Morgan fingerprint density at radius 2 is 1.77 bits per heavy atom. The topological polar surface area (TPSA) is 27.0 Å². The lowest BCUT2D eigenvalue weighted by atomic mass is 9.89. The highest BCUT2D eigenvalue weighted by Gasteiger charge is 2.29. The summed E-state index contributed by atoms with van der Waals surface area (Å²) >= 11 is 3.49. The molecule has 1 heterocycles. The maximum atomic E-state index is 9.58. The Labute approximate surface area is 139 Å². The van der Waals surface area contributed by atoms with Crippen LogP contribution < -0.4 is 4.90 Å². The third-order valence-electron chi connectivity index (χ3n) is 4.01. The van der Waals surface area contributed by atoms with Gasteiger partial charge < -0.3 is 4.90 Å². The number of allylic oxidation sites excluding steroid dienone is 2. The van der Waals surface area contributed by atoms with E-state index in [2.05, 4.69) is 76.3 Å². The van der Waals surface area contributed by atoms with Crippen molar-refractivity contribution in [3.05, 3.63) is 76.4 Å². The van der Waals surface area contributed by atoms with Gasteiger partial charge >= 0.3 is 0 Å². The minimum absolute atomic E-state index is 0.185. The molecule has 0 bridgehead atoms. The molecule has 0 saturated carbocycles. The molecule has 0 aromatic heterocycles. The van der Waals surface area contributed by atoms with Gasteiger partial charge in [0.05, 0.1) is 6.04 Å². The molecule has 0 spiro atoms. The predicted molar refractivity (Wildman–Crippen MR) is 93.3 cm³/mol. The van der Waals surface area contributed by atoms with Gasteiger partial charge in [0, 0.05) is 10.2 Å². The molecular weight excluding hydrogens is 336 g/mol. The van der Waals surface area contributed by atoms with Crippen LogP contribution in [0.4, 0.5) is 5.69 Å². The highest BCUT2D eigenvalue weighted by molar-refractivity contribution is 9.10. The van der Waals surface area contributed by atoms with E-state index >= 15 is 0 Å². The zero-order valence-corrected chi connectivity index (χ0v) is 14.0. The second-order valence-corrected chi connectivity index (χ2v) is 6.57. The first-order chi connectivity index (χ1) is 10.7. The number of nitrogens with zero attached hydrogens (tertiary/aromatic N) is 2. The van der Waals surface area contributed by atoms with Crippen molar-refractivity contribution >= 4 is 21.6 Å². The fourth-order valence-electron chi connectivity index (χ4n) is 3.01. The molecule has 0 aliphatic carbocycles. The highest BCUT2D eigenvalue weighted by atomic mass is 79.9. The summed E-state index contributed by atoms with van der Waals surface area (Å²) in [6, 6.07) is 21.1. The fraction of sp³-hybridized carbons (Fsp3) is 0.211. The highest BCUT2D eigenvalue weighted by Crippen LogP contribution is 2.39. The molecular formula is C19H17BrN2. The SMILES string of the molecule is C[C@H]1C=C(C#N)N(c2ccccc2)[C@H](c2ccc(Br)cc2)C1. The third kappa shape index (κ3) is 2.93. The minimum atomic E-state index is 0.185. The van der Waals surface area contributed by atoms with Gasteiger partial charge in [-0.1, -0.05) is 53.2 Å². The van der Waals surface area contributed by atoms with Crippen LogP contribution in [0, 0.1) is 17.2 Å². The van der Waals surface area contributed by atoms with Crippen molar-refractivity contribution in [2.75, 3.05) is 4.90 Å². The van der Waals surface area contributed by atoms with Crippen molar-refractivity contribution in [2.24, 2.45) is 5.92 Å². The maximum absolute atomic E-state index is 9.58. The van der Waals surface area contributed by atoms with E-state index in [9.17, 15) is 5.26 Å². The molecule has 0 saturated heterocycles. The van der Waals surface area contributed by atoms with Gasteiger partial charge in [-0.2, -0.15) is 5.26 Å². The number of anilines is 1. The first-order valence-electron chi connectivity index (χ1n) is 7.40. The monoisotopic (exact) mass is 352 g/mol. The standard InChI is InChI=1S/C19H17BrN2/c1-14-11-18(13-21)22(17-5-3-2-4-6-17)19(12-14)15-7-9-16(20)10-8-15/h2-11,14,19H,12H2,1H3/t14-,19-/m0/s1. The quantitative estimate of drug-likeness (QED) is 0.718. The molecule has 1 aliphatic heterocycles. The van der Waals surface area contributed by atoms with Crippen molar-refractivity contribution in [1.29, 1.82) is 5.26 Å². The van der Waals surface area contributed by atoms with E-state index in [1.165, 1.54) is 5.56 Å². The average molecular weight is 353 g/mol. The molecule has 2 nitrogen and oxygen atoms in total. The molecule has 2 atom stereocenters. The summed E-state index contributed by atoms with van der Waals surface area (Å²) < 4.78 is 1.07. The number of rotatable bonds is 2. The molecule has 0 unspecified atom stereocenters. The number of hydrogen-bond acceptors (Lipinski definition) is 2. The Hall–Kier alpha value is -2.05. The normalized spacial score (nSPS) is 21.1. The molecule has 0 radical (unpaired) electrons. The predicted octanol–water partition coefficient (Wildman–Crippen LogP) is 5.44. The van der Waals surface area contributed by atoms with Gasteiger partial charge in [-0.3, -0.25) is 0 Å². The lowest BCUT2D eigenvalue weighted by Gasteiger charge is -2.38. The van der Waals surface area contributed by atoms with Gasteiger partial charge in [-0.25, -0.2) is 0 Å². The van der Waals surface area contributed by atoms with Crippen molar-refractivity contribution in [2.45, 2.75) is 19.4 Å². The number of para-hydroxylation sites is 1. The van der Waals surface area contributed by atoms with Crippen molar-refractivity contribution in [3.63, 3.8) is 0 Å². The lowest BCUT2D eigenvalue weighted by molar-refractivity contribution is 0.505. The van der Waals surface area contributed by atoms with E-state index in [-0.39, 0.29) is 6.04 Å². The smallest absolute Gasteiger partial charge is 0.117 e. The maximum Gasteiger partial charge on any atom is 0.117 e. The molecule has 0 fully saturated rings. The van der Waals surface area contributed by atoms with Crippen molar-refractivity contribution in [1.82, 2.24) is 0 Å². The zero-order valence-electron chi connectivity index (χ0n) is 12.4. The molecule has 0 amide bonds.